The third kappa shape index (κ3) is 3.86. The van der Waals surface area contributed by atoms with Gasteiger partial charge in [0.25, 0.3) is 0 Å². The summed E-state index contributed by atoms with van der Waals surface area (Å²) in [6.45, 7) is 1.83. The second-order valence-electron chi connectivity index (χ2n) is 6.54. The molecular weight excluding hydrogens is 414 g/mol. The number of ether oxygens (including phenoxy) is 1. The minimum absolute atomic E-state index is 0.0170. The molecule has 0 aliphatic heterocycles. The lowest BCUT2D eigenvalue weighted by Gasteiger charge is -2.12. The lowest BCUT2D eigenvalue weighted by atomic mass is 9.99. The highest BCUT2D eigenvalue weighted by Gasteiger charge is 2.15. The minimum Gasteiger partial charge on any atom is -0.489 e. The Kier molecular flexibility index (Phi) is 5.31. The third-order valence-corrected chi connectivity index (χ3v) is 5.32. The monoisotopic (exact) mass is 428 g/mol. The molecule has 0 amide bonds. The standard InChI is InChI=1S/C23H15Cl2FO3/c1-13-17-11-16(28-12-18-19(25)3-2-4-20(18)26)9-10-21(17)29-23(27)22(13)14-5-7-15(24)8-6-14/h2-11H,12H2,1H3. The summed E-state index contributed by atoms with van der Waals surface area (Å²) >= 11 is 12.0. The number of benzene rings is 3. The average molecular weight is 429 g/mol. The van der Waals surface area contributed by atoms with Gasteiger partial charge in [0.1, 0.15) is 23.8 Å². The lowest BCUT2D eigenvalue weighted by Crippen LogP contribution is -2.06. The van der Waals surface area contributed by atoms with E-state index in [4.69, 9.17) is 32.4 Å². The van der Waals surface area contributed by atoms with E-state index in [0.29, 0.717) is 32.5 Å². The van der Waals surface area contributed by atoms with Gasteiger partial charge >= 0.3 is 5.63 Å². The van der Waals surface area contributed by atoms with Gasteiger partial charge in [-0.05, 0) is 60.5 Å². The van der Waals surface area contributed by atoms with Crippen LogP contribution in [0.4, 0.5) is 4.39 Å². The Morgan fingerprint density at radius 2 is 1.79 bits per heavy atom. The molecule has 0 bridgehead atoms. The lowest BCUT2D eigenvalue weighted by molar-refractivity contribution is 0.300. The van der Waals surface area contributed by atoms with Crippen molar-refractivity contribution < 1.29 is 13.5 Å². The average Bonchev–Trinajstić information content (AvgIpc) is 2.69. The Labute approximate surface area is 176 Å². The zero-order chi connectivity index (χ0) is 20.5. The second-order valence-corrected chi connectivity index (χ2v) is 7.39. The number of hydrogen-bond acceptors (Lipinski definition) is 3. The summed E-state index contributed by atoms with van der Waals surface area (Å²) in [5.41, 5.74) is 2.24. The van der Waals surface area contributed by atoms with E-state index in [1.807, 2.05) is 6.92 Å². The molecule has 0 saturated heterocycles. The van der Waals surface area contributed by atoms with Crippen LogP contribution in [0.1, 0.15) is 11.1 Å². The summed E-state index contributed by atoms with van der Waals surface area (Å²) in [6, 6.07) is 16.6. The molecule has 0 spiro atoms. The molecule has 3 aromatic carbocycles. The first-order chi connectivity index (χ1) is 13.9. The topological polar surface area (TPSA) is 39.4 Å². The summed E-state index contributed by atoms with van der Waals surface area (Å²) in [4.78, 5) is 12.5. The van der Waals surface area contributed by atoms with Crippen molar-refractivity contribution in [1.29, 1.82) is 0 Å². The highest BCUT2D eigenvalue weighted by atomic mass is 35.5. The van der Waals surface area contributed by atoms with Gasteiger partial charge < -0.3 is 9.15 Å². The second kappa shape index (κ2) is 7.90. The Hall–Kier alpha value is -2.82. The Balaban J connectivity index is 1.73. The van der Waals surface area contributed by atoms with Crippen LogP contribution in [0.2, 0.25) is 10.0 Å². The van der Waals surface area contributed by atoms with Crippen molar-refractivity contribution in [3.63, 3.8) is 0 Å². The molecule has 0 unspecified atom stereocenters. The highest BCUT2D eigenvalue weighted by Crippen LogP contribution is 2.30. The van der Waals surface area contributed by atoms with Crippen LogP contribution in [0.5, 0.6) is 5.75 Å². The molecule has 0 radical (unpaired) electrons. The minimum atomic E-state index is -0.427. The van der Waals surface area contributed by atoms with Gasteiger partial charge in [-0.3, -0.25) is 0 Å². The summed E-state index contributed by atoms with van der Waals surface area (Å²) in [6.07, 6.45) is 0. The molecule has 1 heterocycles. The Bertz CT molecular complexity index is 1240. The van der Waals surface area contributed by atoms with Gasteiger partial charge in [-0.1, -0.05) is 41.4 Å². The summed E-state index contributed by atoms with van der Waals surface area (Å²) in [5.74, 6) is 0.0846. The predicted octanol–water partition coefficient (Wildman–Crippen LogP) is 6.79. The van der Waals surface area contributed by atoms with Gasteiger partial charge in [0, 0.05) is 16.0 Å². The van der Waals surface area contributed by atoms with E-state index in [9.17, 15) is 9.18 Å². The molecule has 1 aromatic heterocycles. The quantitative estimate of drug-likeness (QED) is 0.335. The zero-order valence-electron chi connectivity index (χ0n) is 15.3. The SMILES string of the molecule is Cc1c(-c2ccc(Cl)cc2)c(=O)oc2ccc(OCc3c(F)cccc3Cl)cc12. The van der Waals surface area contributed by atoms with Gasteiger partial charge in [0.2, 0.25) is 0 Å². The van der Waals surface area contributed by atoms with Crippen molar-refractivity contribution in [2.45, 2.75) is 13.5 Å². The van der Waals surface area contributed by atoms with Crippen LogP contribution in [0.15, 0.2) is 69.9 Å². The Morgan fingerprint density at radius 1 is 1.03 bits per heavy atom. The molecule has 6 heteroatoms. The number of rotatable bonds is 4. The van der Waals surface area contributed by atoms with E-state index in [2.05, 4.69) is 0 Å². The molecule has 0 aliphatic rings. The molecule has 4 aromatic rings. The highest BCUT2D eigenvalue weighted by molar-refractivity contribution is 6.31. The van der Waals surface area contributed by atoms with E-state index >= 15 is 0 Å². The van der Waals surface area contributed by atoms with E-state index in [-0.39, 0.29) is 12.2 Å². The summed E-state index contributed by atoms with van der Waals surface area (Å²) in [5, 5.41) is 1.61. The van der Waals surface area contributed by atoms with Crippen LogP contribution < -0.4 is 10.4 Å². The molecule has 0 aliphatic carbocycles. The fraction of sp³-hybridized carbons (Fsp3) is 0.0870. The fourth-order valence-electron chi connectivity index (χ4n) is 3.20. The molecule has 0 saturated carbocycles. The van der Waals surface area contributed by atoms with Crippen molar-refractivity contribution in [1.82, 2.24) is 0 Å². The number of halogens is 3. The predicted molar refractivity (Wildman–Crippen MR) is 113 cm³/mol. The molecule has 29 heavy (non-hydrogen) atoms. The maximum Gasteiger partial charge on any atom is 0.344 e. The zero-order valence-corrected chi connectivity index (χ0v) is 16.9. The summed E-state index contributed by atoms with van der Waals surface area (Å²) < 4.78 is 25.2. The van der Waals surface area contributed by atoms with E-state index < -0.39 is 11.4 Å². The van der Waals surface area contributed by atoms with Crippen LogP contribution in [0, 0.1) is 12.7 Å². The number of aryl methyl sites for hydroxylation is 1. The van der Waals surface area contributed by atoms with Gasteiger partial charge in [-0.25, -0.2) is 9.18 Å². The van der Waals surface area contributed by atoms with Gasteiger partial charge in [0.15, 0.2) is 0 Å². The van der Waals surface area contributed by atoms with Gasteiger partial charge in [-0.2, -0.15) is 0 Å². The largest absolute Gasteiger partial charge is 0.489 e. The van der Waals surface area contributed by atoms with Crippen LogP contribution in [0.3, 0.4) is 0 Å². The smallest absolute Gasteiger partial charge is 0.344 e. The van der Waals surface area contributed by atoms with Gasteiger partial charge in [-0.15, -0.1) is 0 Å². The van der Waals surface area contributed by atoms with Crippen molar-refractivity contribution in [2.24, 2.45) is 0 Å². The molecule has 0 N–H and O–H groups in total. The van der Waals surface area contributed by atoms with Crippen molar-refractivity contribution in [3.05, 3.63) is 98.1 Å². The molecule has 0 atom stereocenters. The summed E-state index contributed by atoms with van der Waals surface area (Å²) in [7, 11) is 0. The number of hydrogen-bond donors (Lipinski definition) is 0. The first kappa shape index (κ1) is 19.5. The maximum absolute atomic E-state index is 14.0. The van der Waals surface area contributed by atoms with Crippen LogP contribution in [-0.2, 0) is 6.61 Å². The normalized spacial score (nSPS) is 11.0. The first-order valence-corrected chi connectivity index (χ1v) is 9.59. The van der Waals surface area contributed by atoms with Crippen molar-refractivity contribution in [2.75, 3.05) is 0 Å². The van der Waals surface area contributed by atoms with E-state index in [1.54, 1.807) is 54.6 Å². The molecule has 3 nitrogen and oxygen atoms in total. The van der Waals surface area contributed by atoms with Crippen LogP contribution in [-0.4, -0.2) is 0 Å². The van der Waals surface area contributed by atoms with E-state index in [1.165, 1.54) is 6.07 Å². The van der Waals surface area contributed by atoms with E-state index in [0.717, 1.165) is 10.9 Å². The first-order valence-electron chi connectivity index (χ1n) is 8.83. The van der Waals surface area contributed by atoms with Gasteiger partial charge in [0.05, 0.1) is 10.6 Å². The molecule has 146 valence electrons. The van der Waals surface area contributed by atoms with Crippen molar-refractivity contribution in [3.8, 4) is 16.9 Å². The molecule has 0 fully saturated rings. The fourth-order valence-corrected chi connectivity index (χ4v) is 3.54. The Morgan fingerprint density at radius 3 is 2.52 bits per heavy atom. The third-order valence-electron chi connectivity index (χ3n) is 4.71. The van der Waals surface area contributed by atoms with Crippen molar-refractivity contribution >= 4 is 34.2 Å². The molecular formula is C23H15Cl2FO3. The maximum atomic E-state index is 14.0. The van der Waals surface area contributed by atoms with Crippen LogP contribution >= 0.6 is 23.2 Å². The number of fused-ring (bicyclic) bond motifs is 1. The molecule has 4 rings (SSSR count). The van der Waals surface area contributed by atoms with Crippen LogP contribution in [0.25, 0.3) is 22.1 Å².